The summed E-state index contributed by atoms with van der Waals surface area (Å²) in [4.78, 5) is 1.60. The molecule has 0 aromatic heterocycles. The number of anilines is 1. The Morgan fingerprint density at radius 1 is 1.37 bits per heavy atom. The Morgan fingerprint density at radius 2 is 1.95 bits per heavy atom. The molecule has 0 fully saturated rings. The van der Waals surface area contributed by atoms with E-state index in [1.807, 2.05) is 0 Å². The lowest BCUT2D eigenvalue weighted by Crippen LogP contribution is -2.26. The van der Waals surface area contributed by atoms with Gasteiger partial charge in [-0.3, -0.25) is 4.74 Å². The van der Waals surface area contributed by atoms with E-state index in [4.69, 9.17) is 10.9 Å². The number of rotatable bonds is 5. The first kappa shape index (κ1) is 15.1. The minimum absolute atomic E-state index is 0.0328. The quantitative estimate of drug-likeness (QED) is 0.372. The van der Waals surface area contributed by atoms with Crippen LogP contribution in [-0.2, 0) is 4.74 Å². The van der Waals surface area contributed by atoms with Crippen molar-refractivity contribution >= 4 is 11.5 Å². The van der Waals surface area contributed by atoms with Crippen molar-refractivity contribution in [2.75, 3.05) is 25.1 Å². The normalized spacial score (nSPS) is 12.5. The SMILES string of the molecule is CN(CCOC(F)(F)F)c1ccc(C(N)=NO)cc1. The van der Waals surface area contributed by atoms with Gasteiger partial charge in [-0.2, -0.15) is 0 Å². The summed E-state index contributed by atoms with van der Waals surface area (Å²) in [5, 5.41) is 11.3. The van der Waals surface area contributed by atoms with Crippen LogP contribution in [0, 0.1) is 0 Å². The Labute approximate surface area is 108 Å². The summed E-state index contributed by atoms with van der Waals surface area (Å²) >= 11 is 0. The smallest absolute Gasteiger partial charge is 0.409 e. The van der Waals surface area contributed by atoms with Gasteiger partial charge < -0.3 is 15.8 Å². The second kappa shape index (κ2) is 6.28. The summed E-state index contributed by atoms with van der Waals surface area (Å²) in [6, 6.07) is 6.51. The fraction of sp³-hybridized carbons (Fsp3) is 0.364. The van der Waals surface area contributed by atoms with Crippen molar-refractivity contribution < 1.29 is 23.1 Å². The molecule has 0 saturated carbocycles. The van der Waals surface area contributed by atoms with Crippen LogP contribution in [0.3, 0.4) is 0 Å². The molecule has 0 bridgehead atoms. The van der Waals surface area contributed by atoms with Gasteiger partial charge in [-0.05, 0) is 24.3 Å². The van der Waals surface area contributed by atoms with Crippen LogP contribution in [0.15, 0.2) is 29.4 Å². The number of nitrogens with zero attached hydrogens (tertiary/aromatic N) is 2. The minimum atomic E-state index is -4.61. The molecule has 0 heterocycles. The molecule has 0 spiro atoms. The molecule has 0 aliphatic rings. The molecule has 1 rings (SSSR count). The van der Waals surface area contributed by atoms with Crippen LogP contribution in [0.5, 0.6) is 0 Å². The lowest BCUT2D eigenvalue weighted by Gasteiger charge is -2.19. The Hall–Kier alpha value is -1.96. The number of nitrogens with two attached hydrogens (primary N) is 1. The Balaban J connectivity index is 2.56. The van der Waals surface area contributed by atoms with Crippen molar-refractivity contribution in [2.24, 2.45) is 10.9 Å². The molecule has 19 heavy (non-hydrogen) atoms. The highest BCUT2D eigenvalue weighted by Crippen LogP contribution is 2.17. The van der Waals surface area contributed by atoms with Gasteiger partial charge in [-0.1, -0.05) is 5.16 Å². The number of benzene rings is 1. The van der Waals surface area contributed by atoms with Gasteiger partial charge in [0, 0.05) is 24.8 Å². The summed E-state index contributed by atoms with van der Waals surface area (Å²) in [6.07, 6.45) is -4.61. The van der Waals surface area contributed by atoms with E-state index in [0.29, 0.717) is 11.3 Å². The molecular weight excluding hydrogens is 263 g/mol. The molecule has 3 N–H and O–H groups in total. The summed E-state index contributed by atoms with van der Waals surface area (Å²) in [7, 11) is 1.64. The lowest BCUT2D eigenvalue weighted by atomic mass is 10.2. The van der Waals surface area contributed by atoms with E-state index in [1.54, 1.807) is 36.2 Å². The first-order chi connectivity index (χ1) is 8.83. The fourth-order valence-electron chi connectivity index (χ4n) is 1.37. The molecule has 0 amide bonds. The van der Waals surface area contributed by atoms with Gasteiger partial charge in [0.2, 0.25) is 0 Å². The van der Waals surface area contributed by atoms with E-state index >= 15 is 0 Å². The Kier molecular flexibility index (Phi) is 4.99. The van der Waals surface area contributed by atoms with E-state index < -0.39 is 13.0 Å². The van der Waals surface area contributed by atoms with Crippen LogP contribution in [-0.4, -0.2) is 37.6 Å². The molecule has 0 saturated heterocycles. The molecule has 1 aromatic rings. The zero-order chi connectivity index (χ0) is 14.5. The van der Waals surface area contributed by atoms with Gasteiger partial charge in [-0.25, -0.2) is 0 Å². The molecule has 0 aliphatic carbocycles. The third-order valence-corrected chi connectivity index (χ3v) is 2.40. The van der Waals surface area contributed by atoms with E-state index in [1.165, 1.54) is 0 Å². The van der Waals surface area contributed by atoms with Crippen molar-refractivity contribution in [2.45, 2.75) is 6.36 Å². The maximum Gasteiger partial charge on any atom is 0.522 e. The summed E-state index contributed by atoms with van der Waals surface area (Å²) in [5.41, 5.74) is 6.60. The van der Waals surface area contributed by atoms with Crippen molar-refractivity contribution in [3.05, 3.63) is 29.8 Å². The van der Waals surface area contributed by atoms with Gasteiger partial charge >= 0.3 is 6.36 Å². The van der Waals surface area contributed by atoms with Crippen molar-refractivity contribution in [3.8, 4) is 0 Å². The number of amidine groups is 1. The second-order valence-electron chi connectivity index (χ2n) is 3.75. The van der Waals surface area contributed by atoms with Crippen molar-refractivity contribution in [3.63, 3.8) is 0 Å². The number of oxime groups is 1. The first-order valence-electron chi connectivity index (χ1n) is 5.33. The predicted octanol–water partition coefficient (Wildman–Crippen LogP) is 1.75. The van der Waals surface area contributed by atoms with E-state index in [9.17, 15) is 13.2 Å². The van der Waals surface area contributed by atoms with Crippen LogP contribution < -0.4 is 10.6 Å². The second-order valence-corrected chi connectivity index (χ2v) is 3.75. The third-order valence-electron chi connectivity index (χ3n) is 2.40. The van der Waals surface area contributed by atoms with Gasteiger partial charge in [-0.15, -0.1) is 13.2 Å². The van der Waals surface area contributed by atoms with Crippen molar-refractivity contribution in [1.29, 1.82) is 0 Å². The number of halogens is 3. The van der Waals surface area contributed by atoms with Crippen LogP contribution >= 0.6 is 0 Å². The topological polar surface area (TPSA) is 71.1 Å². The first-order valence-corrected chi connectivity index (χ1v) is 5.33. The number of alkyl halides is 3. The standard InChI is InChI=1S/C11H14F3N3O2/c1-17(6-7-19-11(12,13)14)9-4-2-8(3-5-9)10(15)16-18/h2-5,18H,6-7H2,1H3,(H2,15,16). The predicted molar refractivity (Wildman–Crippen MR) is 64.2 cm³/mol. The Morgan fingerprint density at radius 3 is 2.42 bits per heavy atom. The van der Waals surface area contributed by atoms with E-state index in [0.717, 1.165) is 0 Å². The maximum absolute atomic E-state index is 11.8. The average Bonchev–Trinajstić information content (AvgIpc) is 2.36. The molecule has 8 heteroatoms. The molecule has 0 unspecified atom stereocenters. The minimum Gasteiger partial charge on any atom is -0.409 e. The summed E-state index contributed by atoms with van der Waals surface area (Å²) in [6.45, 7) is -0.371. The number of ether oxygens (including phenoxy) is 1. The zero-order valence-electron chi connectivity index (χ0n) is 10.2. The molecule has 0 radical (unpaired) electrons. The average molecular weight is 277 g/mol. The molecular formula is C11H14F3N3O2. The molecule has 0 aliphatic heterocycles. The van der Waals surface area contributed by atoms with Crippen LogP contribution in [0.1, 0.15) is 5.56 Å². The third kappa shape index (κ3) is 5.04. The molecule has 1 aromatic carbocycles. The van der Waals surface area contributed by atoms with E-state index in [2.05, 4.69) is 9.89 Å². The van der Waals surface area contributed by atoms with Gasteiger partial charge in [0.15, 0.2) is 5.84 Å². The largest absolute Gasteiger partial charge is 0.522 e. The summed E-state index contributed by atoms with van der Waals surface area (Å²) < 4.78 is 39.1. The monoisotopic (exact) mass is 277 g/mol. The number of hydrogen-bond acceptors (Lipinski definition) is 4. The highest BCUT2D eigenvalue weighted by Gasteiger charge is 2.28. The van der Waals surface area contributed by atoms with Crippen LogP contribution in [0.2, 0.25) is 0 Å². The number of hydrogen-bond donors (Lipinski definition) is 2. The highest BCUT2D eigenvalue weighted by molar-refractivity contribution is 5.97. The van der Waals surface area contributed by atoms with Gasteiger partial charge in [0.05, 0.1) is 6.61 Å². The molecule has 106 valence electrons. The summed E-state index contributed by atoms with van der Waals surface area (Å²) in [5.74, 6) is -0.0328. The molecule has 5 nitrogen and oxygen atoms in total. The maximum atomic E-state index is 11.8. The lowest BCUT2D eigenvalue weighted by molar-refractivity contribution is -0.323. The van der Waals surface area contributed by atoms with E-state index in [-0.39, 0.29) is 12.4 Å². The Bertz CT molecular complexity index is 432. The molecule has 0 atom stereocenters. The fourth-order valence-corrected chi connectivity index (χ4v) is 1.37. The van der Waals surface area contributed by atoms with Gasteiger partial charge in [0.25, 0.3) is 0 Å². The van der Waals surface area contributed by atoms with Crippen LogP contribution in [0.4, 0.5) is 18.9 Å². The number of likely N-dealkylation sites (N-methyl/N-ethyl adjacent to an activating group) is 1. The zero-order valence-corrected chi connectivity index (χ0v) is 10.2. The highest BCUT2D eigenvalue weighted by atomic mass is 19.4. The van der Waals surface area contributed by atoms with Crippen LogP contribution in [0.25, 0.3) is 0 Å². The van der Waals surface area contributed by atoms with Crippen molar-refractivity contribution in [1.82, 2.24) is 0 Å². The van der Waals surface area contributed by atoms with Gasteiger partial charge in [0.1, 0.15) is 0 Å².